The van der Waals surface area contributed by atoms with Gasteiger partial charge in [-0.3, -0.25) is 4.79 Å². The predicted octanol–water partition coefficient (Wildman–Crippen LogP) is 3.59. The summed E-state index contributed by atoms with van der Waals surface area (Å²) in [4.78, 5) is 22.7. The molecule has 0 bridgehead atoms. The number of carbonyl (C=O) groups excluding carboxylic acids is 1. The summed E-state index contributed by atoms with van der Waals surface area (Å²) in [5, 5.41) is 9.47. The van der Waals surface area contributed by atoms with E-state index in [2.05, 4.69) is 0 Å². The Kier molecular flexibility index (Phi) is 3.56. The Morgan fingerprint density at radius 2 is 1.91 bits per heavy atom. The highest BCUT2D eigenvalue weighted by atomic mass is 35.5. The summed E-state index contributed by atoms with van der Waals surface area (Å²) < 4.78 is 11.9. The van der Waals surface area contributed by atoms with E-state index in [0.717, 1.165) is 0 Å². The van der Waals surface area contributed by atoms with Crippen molar-refractivity contribution in [2.75, 3.05) is 0 Å². The largest absolute Gasteiger partial charge is 0.478 e. The van der Waals surface area contributed by atoms with Gasteiger partial charge in [-0.05, 0) is 25.8 Å². The Morgan fingerprint density at radius 1 is 1.32 bits per heavy atom. The van der Waals surface area contributed by atoms with E-state index in [-0.39, 0.29) is 22.3 Å². The summed E-state index contributed by atoms with van der Waals surface area (Å²) >= 11 is 6.16. The topological polar surface area (TPSA) is 72.8 Å². The summed E-state index contributed by atoms with van der Waals surface area (Å²) in [7, 11) is 0. The number of Topliss-reactive ketones (excluding diaryl/α,β-unsaturated/α-hetero) is 1. The number of carbonyl (C=O) groups is 2. The van der Waals surface area contributed by atoms with Gasteiger partial charge in [-0.15, -0.1) is 0 Å². The normalized spacial score (nSPS) is 24.6. The molecule has 6 heteroatoms. The quantitative estimate of drug-likeness (QED) is 0.900. The molecular formula is C16H17ClO5. The summed E-state index contributed by atoms with van der Waals surface area (Å²) in [6.45, 7) is 3.50. The zero-order valence-electron chi connectivity index (χ0n) is 12.4. The van der Waals surface area contributed by atoms with Crippen LogP contribution in [0.5, 0.6) is 11.5 Å². The smallest absolute Gasteiger partial charge is 0.336 e. The molecule has 1 fully saturated rings. The van der Waals surface area contributed by atoms with Crippen molar-refractivity contribution in [2.24, 2.45) is 5.92 Å². The van der Waals surface area contributed by atoms with Crippen molar-refractivity contribution >= 4 is 23.4 Å². The van der Waals surface area contributed by atoms with Gasteiger partial charge in [0.25, 0.3) is 5.79 Å². The van der Waals surface area contributed by atoms with Gasteiger partial charge in [0.2, 0.25) is 0 Å². The monoisotopic (exact) mass is 324 g/mol. The van der Waals surface area contributed by atoms with Crippen LogP contribution >= 0.6 is 11.6 Å². The summed E-state index contributed by atoms with van der Waals surface area (Å²) in [5.74, 6) is -0.844. The molecule has 1 unspecified atom stereocenters. The van der Waals surface area contributed by atoms with E-state index in [0.29, 0.717) is 42.7 Å². The van der Waals surface area contributed by atoms with Crippen molar-refractivity contribution in [3.8, 4) is 11.5 Å². The number of halogens is 1. The van der Waals surface area contributed by atoms with Crippen molar-refractivity contribution in [3.05, 3.63) is 22.2 Å². The zero-order valence-corrected chi connectivity index (χ0v) is 13.2. The van der Waals surface area contributed by atoms with Crippen LogP contribution in [-0.2, 0) is 4.79 Å². The van der Waals surface area contributed by atoms with E-state index >= 15 is 0 Å². The third-order valence-corrected chi connectivity index (χ3v) is 4.84. The van der Waals surface area contributed by atoms with Crippen LogP contribution in [0, 0.1) is 12.8 Å². The van der Waals surface area contributed by atoms with E-state index in [4.69, 9.17) is 21.1 Å². The molecule has 0 spiro atoms. The first-order valence-electron chi connectivity index (χ1n) is 7.28. The molecule has 118 valence electrons. The minimum Gasteiger partial charge on any atom is -0.478 e. The summed E-state index contributed by atoms with van der Waals surface area (Å²) in [6, 6.07) is 1.39. The number of ether oxygens (including phenoxy) is 2. The second-order valence-corrected chi connectivity index (χ2v) is 6.43. The van der Waals surface area contributed by atoms with Crippen LogP contribution in [-0.4, -0.2) is 22.6 Å². The van der Waals surface area contributed by atoms with Gasteiger partial charge in [0.05, 0.1) is 10.6 Å². The van der Waals surface area contributed by atoms with Crippen LogP contribution in [0.15, 0.2) is 6.07 Å². The molecule has 0 aromatic heterocycles. The fraction of sp³-hybridized carbons (Fsp3) is 0.500. The van der Waals surface area contributed by atoms with Gasteiger partial charge in [0.15, 0.2) is 11.5 Å². The van der Waals surface area contributed by atoms with Crippen LogP contribution < -0.4 is 9.47 Å². The average molecular weight is 325 g/mol. The molecule has 5 nitrogen and oxygen atoms in total. The Balaban J connectivity index is 1.95. The van der Waals surface area contributed by atoms with Gasteiger partial charge >= 0.3 is 5.97 Å². The molecule has 0 amide bonds. The molecule has 1 heterocycles. The maximum Gasteiger partial charge on any atom is 0.336 e. The third-order valence-electron chi connectivity index (χ3n) is 4.56. The molecule has 0 saturated heterocycles. The van der Waals surface area contributed by atoms with Crippen LogP contribution in [0.3, 0.4) is 0 Å². The lowest BCUT2D eigenvalue weighted by Crippen LogP contribution is -2.44. The van der Waals surface area contributed by atoms with E-state index in [1.165, 1.54) is 6.07 Å². The number of ketones is 1. The molecule has 0 radical (unpaired) electrons. The molecule has 2 aliphatic rings. The number of hydrogen-bond donors (Lipinski definition) is 1. The lowest BCUT2D eigenvalue weighted by Gasteiger charge is -2.34. The second kappa shape index (κ2) is 5.16. The number of rotatable bonds is 2. The van der Waals surface area contributed by atoms with Gasteiger partial charge in [-0.1, -0.05) is 11.6 Å². The first kappa shape index (κ1) is 15.2. The Bertz CT molecular complexity index is 659. The van der Waals surface area contributed by atoms with Crippen molar-refractivity contribution in [1.82, 2.24) is 0 Å². The molecule has 22 heavy (non-hydrogen) atoms. The van der Waals surface area contributed by atoms with Crippen LogP contribution in [0.25, 0.3) is 0 Å². The minimum absolute atomic E-state index is 0.0707. The number of carboxylic acids is 1. The highest BCUT2D eigenvalue weighted by Gasteiger charge is 2.47. The maximum absolute atomic E-state index is 11.4. The fourth-order valence-corrected chi connectivity index (χ4v) is 3.43. The van der Waals surface area contributed by atoms with E-state index in [1.54, 1.807) is 6.92 Å². The highest BCUT2D eigenvalue weighted by molar-refractivity contribution is 6.32. The number of hydrogen-bond acceptors (Lipinski definition) is 4. The zero-order chi connectivity index (χ0) is 16.1. The van der Waals surface area contributed by atoms with Crippen LogP contribution in [0.4, 0.5) is 0 Å². The van der Waals surface area contributed by atoms with Gasteiger partial charge in [0, 0.05) is 31.2 Å². The number of fused-ring (bicyclic) bond motifs is 1. The molecule has 1 aliphatic carbocycles. The summed E-state index contributed by atoms with van der Waals surface area (Å²) in [6.07, 6.45) is 2.45. The van der Waals surface area contributed by atoms with Gasteiger partial charge in [-0.25, -0.2) is 4.79 Å². The third kappa shape index (κ3) is 2.33. The van der Waals surface area contributed by atoms with Crippen LogP contribution in [0.2, 0.25) is 5.02 Å². The Hall–Kier alpha value is -1.75. The molecule has 3 rings (SSSR count). The Labute approximate surface area is 133 Å². The van der Waals surface area contributed by atoms with Crippen LogP contribution in [0.1, 0.15) is 48.5 Å². The SMILES string of the molecule is Cc1c(C(=O)O)cc(Cl)c2c1OC(C)(C1CCC(=O)CC1)O2. The lowest BCUT2D eigenvalue weighted by atomic mass is 9.83. The van der Waals surface area contributed by atoms with Gasteiger partial charge in [-0.2, -0.15) is 0 Å². The van der Waals surface area contributed by atoms with Crippen molar-refractivity contribution in [2.45, 2.75) is 45.3 Å². The van der Waals surface area contributed by atoms with Gasteiger partial charge in [0.1, 0.15) is 5.78 Å². The van der Waals surface area contributed by atoms with E-state index in [1.807, 2.05) is 6.92 Å². The lowest BCUT2D eigenvalue weighted by molar-refractivity contribution is -0.135. The summed E-state index contributed by atoms with van der Waals surface area (Å²) in [5.41, 5.74) is 0.609. The number of carboxylic acid groups (broad SMARTS) is 1. The fourth-order valence-electron chi connectivity index (χ4n) is 3.20. The number of aromatic carboxylic acids is 1. The predicted molar refractivity (Wildman–Crippen MR) is 79.8 cm³/mol. The standard InChI is InChI=1S/C16H17ClO5/c1-8-11(15(19)20)7-12(17)14-13(8)21-16(2,22-14)9-3-5-10(18)6-4-9/h7,9H,3-6H2,1-2H3,(H,19,20). The molecule has 1 aliphatic heterocycles. The van der Waals surface area contributed by atoms with Gasteiger partial charge < -0.3 is 14.6 Å². The second-order valence-electron chi connectivity index (χ2n) is 6.03. The first-order valence-corrected chi connectivity index (χ1v) is 7.65. The molecular weight excluding hydrogens is 308 g/mol. The van der Waals surface area contributed by atoms with E-state index in [9.17, 15) is 14.7 Å². The minimum atomic E-state index is -1.05. The van der Waals surface area contributed by atoms with Crippen molar-refractivity contribution in [3.63, 3.8) is 0 Å². The molecule has 1 saturated carbocycles. The van der Waals surface area contributed by atoms with Crippen molar-refractivity contribution < 1.29 is 24.2 Å². The molecule has 1 aromatic carbocycles. The van der Waals surface area contributed by atoms with Crippen molar-refractivity contribution in [1.29, 1.82) is 0 Å². The molecule has 1 atom stereocenters. The van der Waals surface area contributed by atoms with E-state index < -0.39 is 11.8 Å². The number of benzene rings is 1. The first-order chi connectivity index (χ1) is 10.3. The average Bonchev–Trinajstić information content (AvgIpc) is 2.83. The Morgan fingerprint density at radius 3 is 2.50 bits per heavy atom. The maximum atomic E-state index is 11.4. The highest BCUT2D eigenvalue weighted by Crippen LogP contribution is 2.51. The molecule has 1 aromatic rings. The molecule has 1 N–H and O–H groups in total.